The van der Waals surface area contributed by atoms with Gasteiger partial charge in [-0.1, -0.05) is 30.3 Å². The van der Waals surface area contributed by atoms with Crippen LogP contribution in [0.25, 0.3) is 0 Å². The Labute approximate surface area is 160 Å². The van der Waals surface area contributed by atoms with E-state index in [4.69, 9.17) is 4.52 Å². The Morgan fingerprint density at radius 1 is 1.22 bits per heavy atom. The van der Waals surface area contributed by atoms with Crippen LogP contribution in [0.4, 0.5) is 5.13 Å². The molecular weight excluding hydrogens is 366 g/mol. The van der Waals surface area contributed by atoms with Gasteiger partial charge < -0.3 is 9.42 Å². The van der Waals surface area contributed by atoms with Crippen LogP contribution in [0.5, 0.6) is 0 Å². The first kappa shape index (κ1) is 18.7. The maximum atomic E-state index is 12.4. The van der Waals surface area contributed by atoms with Gasteiger partial charge in [-0.25, -0.2) is 4.98 Å². The summed E-state index contributed by atoms with van der Waals surface area (Å²) in [5, 5.41) is 8.77. The van der Waals surface area contributed by atoms with Crippen molar-refractivity contribution < 1.29 is 14.1 Å². The maximum Gasteiger partial charge on any atom is 0.257 e. The van der Waals surface area contributed by atoms with E-state index in [1.54, 1.807) is 36.7 Å². The number of nitrogens with zero attached hydrogens (tertiary/aromatic N) is 4. The molecule has 0 radical (unpaired) electrons. The lowest BCUT2D eigenvalue weighted by atomic mass is 10.2. The predicted molar refractivity (Wildman–Crippen MR) is 100 cm³/mol. The Morgan fingerprint density at radius 2 is 2.00 bits per heavy atom. The fourth-order valence-corrected chi connectivity index (χ4v) is 2.99. The molecule has 1 aromatic carbocycles. The van der Waals surface area contributed by atoms with Gasteiger partial charge >= 0.3 is 0 Å². The number of amides is 2. The SMILES string of the molecule is CCc1noc(CN(C)C(=O)Cc2csc(NC(=O)c3ccccc3)n2)n1. The van der Waals surface area contributed by atoms with Crippen LogP contribution in [-0.2, 0) is 24.2 Å². The van der Waals surface area contributed by atoms with Crippen molar-refractivity contribution >= 4 is 28.3 Å². The first-order chi connectivity index (χ1) is 13.0. The molecule has 0 spiro atoms. The van der Waals surface area contributed by atoms with Crippen LogP contribution in [0.15, 0.2) is 40.2 Å². The van der Waals surface area contributed by atoms with Crippen molar-refractivity contribution in [2.75, 3.05) is 12.4 Å². The van der Waals surface area contributed by atoms with E-state index in [-0.39, 0.29) is 24.8 Å². The van der Waals surface area contributed by atoms with Crippen LogP contribution in [0.1, 0.15) is 34.7 Å². The van der Waals surface area contributed by atoms with Crippen molar-refractivity contribution in [3.05, 3.63) is 58.7 Å². The molecule has 140 valence electrons. The second-order valence-electron chi connectivity index (χ2n) is 5.85. The molecule has 0 bridgehead atoms. The second kappa shape index (κ2) is 8.54. The number of carbonyl (C=O) groups excluding carboxylic acids is 2. The van der Waals surface area contributed by atoms with Crippen LogP contribution in [0.2, 0.25) is 0 Å². The van der Waals surface area contributed by atoms with Crippen LogP contribution in [0, 0.1) is 0 Å². The fraction of sp³-hybridized carbons (Fsp3) is 0.278. The van der Waals surface area contributed by atoms with Gasteiger partial charge in [0.1, 0.15) is 0 Å². The average molecular weight is 385 g/mol. The molecule has 3 aromatic rings. The summed E-state index contributed by atoms with van der Waals surface area (Å²) in [5.74, 6) is 0.654. The van der Waals surface area contributed by atoms with Gasteiger partial charge in [0.2, 0.25) is 11.8 Å². The Kier molecular flexibility index (Phi) is 5.92. The summed E-state index contributed by atoms with van der Waals surface area (Å²) in [6, 6.07) is 8.89. The van der Waals surface area contributed by atoms with Crippen molar-refractivity contribution in [3.8, 4) is 0 Å². The third kappa shape index (κ3) is 4.98. The third-order valence-electron chi connectivity index (χ3n) is 3.77. The topological polar surface area (TPSA) is 101 Å². The van der Waals surface area contributed by atoms with Crippen LogP contribution in [-0.4, -0.2) is 38.9 Å². The molecule has 0 atom stereocenters. The number of hydrogen-bond acceptors (Lipinski definition) is 7. The third-order valence-corrected chi connectivity index (χ3v) is 4.57. The summed E-state index contributed by atoms with van der Waals surface area (Å²) in [7, 11) is 1.67. The number of benzene rings is 1. The van der Waals surface area contributed by atoms with E-state index in [9.17, 15) is 9.59 Å². The molecule has 2 heterocycles. The molecule has 2 aromatic heterocycles. The minimum atomic E-state index is -0.233. The molecule has 8 nitrogen and oxygen atoms in total. The lowest BCUT2D eigenvalue weighted by Gasteiger charge is -2.13. The fourth-order valence-electron chi connectivity index (χ4n) is 2.28. The molecule has 27 heavy (non-hydrogen) atoms. The number of carbonyl (C=O) groups is 2. The Hall–Kier alpha value is -3.07. The summed E-state index contributed by atoms with van der Waals surface area (Å²) in [4.78, 5) is 34.5. The first-order valence-electron chi connectivity index (χ1n) is 8.41. The summed E-state index contributed by atoms with van der Waals surface area (Å²) < 4.78 is 5.10. The van der Waals surface area contributed by atoms with Gasteiger partial charge in [0.25, 0.3) is 5.91 Å². The van der Waals surface area contributed by atoms with Crippen LogP contribution >= 0.6 is 11.3 Å². The van der Waals surface area contributed by atoms with E-state index in [1.807, 2.05) is 13.0 Å². The standard InChI is InChI=1S/C18H19N5O3S/c1-3-14-20-15(26-22-14)10-23(2)16(24)9-13-11-27-18(19-13)21-17(25)12-7-5-4-6-8-12/h4-8,11H,3,9-10H2,1-2H3,(H,19,21,25). The van der Waals surface area contributed by atoms with Crippen molar-refractivity contribution in [2.24, 2.45) is 0 Å². The van der Waals surface area contributed by atoms with Gasteiger partial charge in [-0.2, -0.15) is 4.98 Å². The normalized spacial score (nSPS) is 10.6. The summed E-state index contributed by atoms with van der Waals surface area (Å²) >= 11 is 1.28. The van der Waals surface area contributed by atoms with E-state index in [2.05, 4.69) is 20.4 Å². The molecule has 0 aliphatic carbocycles. The van der Waals surface area contributed by atoms with E-state index in [1.165, 1.54) is 16.2 Å². The van der Waals surface area contributed by atoms with Gasteiger partial charge in [-0.3, -0.25) is 14.9 Å². The Bertz CT molecular complexity index is 922. The maximum absolute atomic E-state index is 12.4. The number of hydrogen-bond donors (Lipinski definition) is 1. The number of aromatic nitrogens is 3. The molecule has 0 saturated carbocycles. The van der Waals surface area contributed by atoms with Crippen LogP contribution < -0.4 is 5.32 Å². The lowest BCUT2D eigenvalue weighted by molar-refractivity contribution is -0.130. The quantitative estimate of drug-likeness (QED) is 0.671. The number of rotatable bonds is 7. The van der Waals surface area contributed by atoms with Crippen molar-refractivity contribution in [3.63, 3.8) is 0 Å². The Morgan fingerprint density at radius 3 is 2.70 bits per heavy atom. The smallest absolute Gasteiger partial charge is 0.257 e. The molecule has 0 fully saturated rings. The van der Waals surface area contributed by atoms with E-state index >= 15 is 0 Å². The van der Waals surface area contributed by atoms with E-state index in [0.717, 1.165) is 0 Å². The van der Waals surface area contributed by atoms with E-state index < -0.39 is 0 Å². The first-order valence-corrected chi connectivity index (χ1v) is 9.29. The predicted octanol–water partition coefficient (Wildman–Crippen LogP) is 2.54. The molecular formula is C18H19N5O3S. The molecule has 1 N–H and O–H groups in total. The average Bonchev–Trinajstić information content (AvgIpc) is 3.31. The minimum Gasteiger partial charge on any atom is -0.337 e. The summed E-state index contributed by atoms with van der Waals surface area (Å²) in [6.45, 7) is 2.17. The number of anilines is 1. The van der Waals surface area contributed by atoms with Gasteiger partial charge in [-0.05, 0) is 12.1 Å². The highest BCUT2D eigenvalue weighted by molar-refractivity contribution is 7.14. The van der Waals surface area contributed by atoms with Gasteiger partial charge in [0.15, 0.2) is 11.0 Å². The number of thiazole rings is 1. The molecule has 0 aliphatic heterocycles. The monoisotopic (exact) mass is 385 g/mol. The van der Waals surface area contributed by atoms with Crippen molar-refractivity contribution in [1.29, 1.82) is 0 Å². The van der Waals surface area contributed by atoms with E-state index in [0.29, 0.717) is 34.5 Å². The van der Waals surface area contributed by atoms with Crippen molar-refractivity contribution in [1.82, 2.24) is 20.0 Å². The molecule has 2 amide bonds. The van der Waals surface area contributed by atoms with Crippen LogP contribution in [0.3, 0.4) is 0 Å². The molecule has 0 saturated heterocycles. The highest BCUT2D eigenvalue weighted by Crippen LogP contribution is 2.17. The zero-order chi connectivity index (χ0) is 19.2. The zero-order valence-corrected chi connectivity index (χ0v) is 15.8. The van der Waals surface area contributed by atoms with Gasteiger partial charge in [-0.15, -0.1) is 11.3 Å². The summed E-state index contributed by atoms with van der Waals surface area (Å²) in [5.41, 5.74) is 1.15. The second-order valence-corrected chi connectivity index (χ2v) is 6.71. The number of likely N-dealkylation sites (N-methyl/N-ethyl adjacent to an activating group) is 1. The Balaban J connectivity index is 1.55. The molecule has 3 rings (SSSR count). The van der Waals surface area contributed by atoms with Gasteiger partial charge in [0, 0.05) is 24.4 Å². The molecule has 0 aliphatic rings. The summed E-state index contributed by atoms with van der Waals surface area (Å²) in [6.07, 6.45) is 0.806. The largest absolute Gasteiger partial charge is 0.337 e. The van der Waals surface area contributed by atoms with Gasteiger partial charge in [0.05, 0.1) is 18.7 Å². The molecule has 9 heteroatoms. The molecule has 0 unspecified atom stereocenters. The lowest BCUT2D eigenvalue weighted by Crippen LogP contribution is -2.28. The highest BCUT2D eigenvalue weighted by Gasteiger charge is 2.16. The van der Waals surface area contributed by atoms with Crippen molar-refractivity contribution in [2.45, 2.75) is 26.3 Å². The number of aryl methyl sites for hydroxylation is 1. The zero-order valence-electron chi connectivity index (χ0n) is 15.0. The minimum absolute atomic E-state index is 0.127. The number of nitrogens with one attached hydrogen (secondary N) is 1. The highest BCUT2D eigenvalue weighted by atomic mass is 32.1.